The van der Waals surface area contributed by atoms with Gasteiger partial charge in [0.1, 0.15) is 11.5 Å². The molecule has 118 valence electrons. The van der Waals surface area contributed by atoms with Crippen LogP contribution < -0.4 is 20.5 Å². The zero-order valence-electron chi connectivity index (χ0n) is 12.8. The topological polar surface area (TPSA) is 56.5 Å². The van der Waals surface area contributed by atoms with Gasteiger partial charge in [0.2, 0.25) is 0 Å². The van der Waals surface area contributed by atoms with E-state index in [1.54, 1.807) is 0 Å². The van der Waals surface area contributed by atoms with Crippen LogP contribution in [0.3, 0.4) is 0 Å². The Morgan fingerprint density at radius 3 is 2.05 bits per heavy atom. The molecule has 2 aromatic carbocycles. The standard InChI is InChI=1S/C18H24N2O2/c19-12-4-13-20-16-8-10-18(11-9-16)22-15-5-14-21-17-6-2-1-3-7-17/h1-3,6-11,20H,4-5,12-15,19H2. The third kappa shape index (κ3) is 6.06. The van der Waals surface area contributed by atoms with E-state index in [1.807, 2.05) is 54.6 Å². The van der Waals surface area contributed by atoms with Gasteiger partial charge in [0.25, 0.3) is 0 Å². The van der Waals surface area contributed by atoms with Gasteiger partial charge < -0.3 is 20.5 Å². The minimum Gasteiger partial charge on any atom is -0.493 e. The Balaban J connectivity index is 1.60. The number of rotatable bonds is 10. The molecular formula is C18H24N2O2. The lowest BCUT2D eigenvalue weighted by molar-refractivity contribution is 0.247. The fourth-order valence-electron chi connectivity index (χ4n) is 1.96. The highest BCUT2D eigenvalue weighted by Gasteiger charge is 1.96. The largest absolute Gasteiger partial charge is 0.493 e. The number of hydrogen-bond donors (Lipinski definition) is 2. The summed E-state index contributed by atoms with van der Waals surface area (Å²) >= 11 is 0. The average molecular weight is 300 g/mol. The Labute approximate surface area is 132 Å². The van der Waals surface area contributed by atoms with Crippen molar-refractivity contribution >= 4 is 5.69 Å². The van der Waals surface area contributed by atoms with Crippen molar-refractivity contribution in [3.8, 4) is 11.5 Å². The first-order valence-electron chi connectivity index (χ1n) is 7.73. The number of nitrogens with two attached hydrogens (primary N) is 1. The van der Waals surface area contributed by atoms with Crippen LogP contribution in [-0.4, -0.2) is 26.3 Å². The molecular weight excluding hydrogens is 276 g/mol. The summed E-state index contributed by atoms with van der Waals surface area (Å²) in [6.07, 6.45) is 1.82. The molecule has 0 fully saturated rings. The number of nitrogens with one attached hydrogen (secondary N) is 1. The fraction of sp³-hybridized carbons (Fsp3) is 0.333. The molecule has 4 heteroatoms. The van der Waals surface area contributed by atoms with Crippen molar-refractivity contribution in [3.05, 3.63) is 54.6 Å². The van der Waals surface area contributed by atoms with Crippen molar-refractivity contribution in [1.29, 1.82) is 0 Å². The Morgan fingerprint density at radius 2 is 1.41 bits per heavy atom. The maximum Gasteiger partial charge on any atom is 0.119 e. The van der Waals surface area contributed by atoms with Crippen molar-refractivity contribution in [2.24, 2.45) is 5.73 Å². The van der Waals surface area contributed by atoms with Crippen molar-refractivity contribution in [2.45, 2.75) is 12.8 Å². The first-order chi connectivity index (χ1) is 10.9. The van der Waals surface area contributed by atoms with Gasteiger partial charge in [0.15, 0.2) is 0 Å². The van der Waals surface area contributed by atoms with E-state index in [9.17, 15) is 0 Å². The highest BCUT2D eigenvalue weighted by atomic mass is 16.5. The summed E-state index contributed by atoms with van der Waals surface area (Å²) in [4.78, 5) is 0. The Morgan fingerprint density at radius 1 is 0.773 bits per heavy atom. The second kappa shape index (κ2) is 9.68. The molecule has 2 aromatic rings. The van der Waals surface area contributed by atoms with Crippen molar-refractivity contribution in [2.75, 3.05) is 31.6 Å². The van der Waals surface area contributed by atoms with E-state index >= 15 is 0 Å². The van der Waals surface area contributed by atoms with Crippen LogP contribution >= 0.6 is 0 Å². The molecule has 3 N–H and O–H groups in total. The van der Waals surface area contributed by atoms with Crippen molar-refractivity contribution in [3.63, 3.8) is 0 Å². The summed E-state index contributed by atoms with van der Waals surface area (Å²) in [5.74, 6) is 1.78. The molecule has 0 aromatic heterocycles. The third-order valence-electron chi connectivity index (χ3n) is 3.13. The van der Waals surface area contributed by atoms with E-state index in [2.05, 4.69) is 5.32 Å². The molecule has 0 radical (unpaired) electrons. The van der Waals surface area contributed by atoms with Gasteiger partial charge in [-0.05, 0) is 49.4 Å². The second-order valence-corrected chi connectivity index (χ2v) is 4.96. The predicted molar refractivity (Wildman–Crippen MR) is 90.7 cm³/mol. The second-order valence-electron chi connectivity index (χ2n) is 4.96. The monoisotopic (exact) mass is 300 g/mol. The SMILES string of the molecule is NCCCNc1ccc(OCCCOc2ccccc2)cc1. The Kier molecular flexibility index (Phi) is 7.12. The third-order valence-corrected chi connectivity index (χ3v) is 3.13. The van der Waals surface area contributed by atoms with E-state index in [0.717, 1.165) is 36.6 Å². The van der Waals surface area contributed by atoms with Gasteiger partial charge in [0, 0.05) is 18.7 Å². The number of hydrogen-bond acceptors (Lipinski definition) is 4. The van der Waals surface area contributed by atoms with E-state index in [0.29, 0.717) is 19.8 Å². The molecule has 0 bridgehead atoms. The maximum atomic E-state index is 5.70. The van der Waals surface area contributed by atoms with Crippen LogP contribution in [-0.2, 0) is 0 Å². The molecule has 0 unspecified atom stereocenters. The fourth-order valence-corrected chi connectivity index (χ4v) is 1.96. The van der Waals surface area contributed by atoms with Gasteiger partial charge in [-0.25, -0.2) is 0 Å². The highest BCUT2D eigenvalue weighted by molar-refractivity contribution is 5.46. The van der Waals surface area contributed by atoms with Crippen LogP contribution in [0.15, 0.2) is 54.6 Å². The lowest BCUT2D eigenvalue weighted by Gasteiger charge is -2.09. The van der Waals surface area contributed by atoms with E-state index in [-0.39, 0.29) is 0 Å². The lowest BCUT2D eigenvalue weighted by Crippen LogP contribution is -2.08. The van der Waals surface area contributed by atoms with Gasteiger partial charge in [0.05, 0.1) is 13.2 Å². The minimum absolute atomic E-state index is 0.646. The van der Waals surface area contributed by atoms with Crippen LogP contribution in [0.4, 0.5) is 5.69 Å². The number of ether oxygens (including phenoxy) is 2. The molecule has 4 nitrogen and oxygen atoms in total. The van der Waals surface area contributed by atoms with Gasteiger partial charge in [-0.1, -0.05) is 18.2 Å². The smallest absolute Gasteiger partial charge is 0.119 e. The van der Waals surface area contributed by atoms with E-state index in [1.165, 1.54) is 0 Å². The van der Waals surface area contributed by atoms with Crippen LogP contribution in [0.25, 0.3) is 0 Å². The molecule has 0 aliphatic heterocycles. The van der Waals surface area contributed by atoms with Gasteiger partial charge in [-0.15, -0.1) is 0 Å². The number of para-hydroxylation sites is 1. The van der Waals surface area contributed by atoms with E-state index < -0.39 is 0 Å². The summed E-state index contributed by atoms with van der Waals surface area (Å²) in [7, 11) is 0. The minimum atomic E-state index is 0.646. The van der Waals surface area contributed by atoms with Crippen LogP contribution in [0.2, 0.25) is 0 Å². The quantitative estimate of drug-likeness (QED) is 0.661. The maximum absolute atomic E-state index is 5.70. The molecule has 0 aliphatic rings. The highest BCUT2D eigenvalue weighted by Crippen LogP contribution is 2.16. The van der Waals surface area contributed by atoms with Crippen molar-refractivity contribution in [1.82, 2.24) is 0 Å². The Bertz CT molecular complexity index is 514. The normalized spacial score (nSPS) is 10.2. The first kappa shape index (κ1) is 16.2. The summed E-state index contributed by atoms with van der Waals surface area (Å²) in [6.45, 7) is 2.91. The zero-order valence-corrected chi connectivity index (χ0v) is 12.8. The zero-order chi connectivity index (χ0) is 15.5. The lowest BCUT2D eigenvalue weighted by atomic mass is 10.3. The summed E-state index contributed by atoms with van der Waals surface area (Å²) in [5, 5.41) is 3.31. The molecule has 0 saturated carbocycles. The molecule has 0 atom stereocenters. The molecule has 0 heterocycles. The Hall–Kier alpha value is -2.20. The van der Waals surface area contributed by atoms with Crippen molar-refractivity contribution < 1.29 is 9.47 Å². The molecule has 0 spiro atoms. The van der Waals surface area contributed by atoms with Gasteiger partial charge >= 0.3 is 0 Å². The predicted octanol–water partition coefficient (Wildman–Crippen LogP) is 3.30. The van der Waals surface area contributed by atoms with Gasteiger partial charge in [-0.2, -0.15) is 0 Å². The summed E-state index contributed by atoms with van der Waals surface area (Å²) < 4.78 is 11.3. The molecule has 22 heavy (non-hydrogen) atoms. The molecule has 2 rings (SSSR count). The first-order valence-corrected chi connectivity index (χ1v) is 7.73. The van der Waals surface area contributed by atoms with Gasteiger partial charge in [-0.3, -0.25) is 0 Å². The average Bonchev–Trinajstić information content (AvgIpc) is 2.57. The van der Waals surface area contributed by atoms with Crippen LogP contribution in [0, 0.1) is 0 Å². The molecule has 0 aliphatic carbocycles. The number of benzene rings is 2. The summed E-state index contributed by atoms with van der Waals surface area (Å²) in [6, 6.07) is 17.8. The summed E-state index contributed by atoms with van der Waals surface area (Å²) in [5.41, 5.74) is 6.55. The van der Waals surface area contributed by atoms with Crippen LogP contribution in [0.5, 0.6) is 11.5 Å². The molecule has 0 saturated heterocycles. The van der Waals surface area contributed by atoms with E-state index in [4.69, 9.17) is 15.2 Å². The number of anilines is 1. The molecule has 0 amide bonds. The van der Waals surface area contributed by atoms with Crippen LogP contribution in [0.1, 0.15) is 12.8 Å².